The largest absolute Gasteiger partial charge is 0.456 e. The first-order valence-electron chi connectivity index (χ1n) is 21.7. The van der Waals surface area contributed by atoms with Crippen molar-refractivity contribution in [2.24, 2.45) is 0 Å². The minimum Gasteiger partial charge on any atom is -0.456 e. The molecule has 10 aromatic carbocycles. The van der Waals surface area contributed by atoms with Gasteiger partial charge in [-0.05, 0) is 122 Å². The lowest BCUT2D eigenvalue weighted by molar-refractivity contribution is 0.669. The molecule has 1 aliphatic carbocycles. The second-order valence-electron chi connectivity index (χ2n) is 16.4. The number of hydrogen-bond acceptors (Lipinski definition) is 2. The average Bonchev–Trinajstić information content (AvgIpc) is 3.89. The Bertz CT molecular complexity index is 3400. The van der Waals surface area contributed by atoms with Crippen molar-refractivity contribution in [3.05, 3.63) is 271 Å². The van der Waals surface area contributed by atoms with Crippen LogP contribution in [0.4, 0.5) is 17.1 Å². The smallest absolute Gasteiger partial charge is 0.135 e. The van der Waals surface area contributed by atoms with Crippen LogP contribution in [0.3, 0.4) is 0 Å². The van der Waals surface area contributed by atoms with Gasteiger partial charge in [-0.2, -0.15) is 0 Å². The molecule has 0 spiro atoms. The summed E-state index contributed by atoms with van der Waals surface area (Å²) in [7, 11) is 0. The zero-order valence-electron chi connectivity index (χ0n) is 34.5. The summed E-state index contributed by atoms with van der Waals surface area (Å²) in [6.07, 6.45) is 0. The molecule has 0 amide bonds. The molecular formula is C61H41NO. The third-order valence-electron chi connectivity index (χ3n) is 13.0. The lowest BCUT2D eigenvalue weighted by atomic mass is 9.67. The van der Waals surface area contributed by atoms with Gasteiger partial charge in [0.25, 0.3) is 0 Å². The molecular weight excluding hydrogens is 763 g/mol. The zero-order valence-corrected chi connectivity index (χ0v) is 34.5. The van der Waals surface area contributed by atoms with E-state index in [9.17, 15) is 0 Å². The molecule has 63 heavy (non-hydrogen) atoms. The van der Waals surface area contributed by atoms with Crippen molar-refractivity contribution < 1.29 is 4.42 Å². The number of fused-ring (bicyclic) bond motifs is 6. The lowest BCUT2D eigenvalue weighted by Gasteiger charge is -2.33. The van der Waals surface area contributed by atoms with Gasteiger partial charge in [0.15, 0.2) is 0 Å². The molecule has 2 nitrogen and oxygen atoms in total. The Balaban J connectivity index is 0.943. The van der Waals surface area contributed by atoms with Crippen molar-refractivity contribution in [3.63, 3.8) is 0 Å². The topological polar surface area (TPSA) is 16.4 Å². The highest BCUT2D eigenvalue weighted by atomic mass is 16.3. The number of rotatable bonds is 8. The second-order valence-corrected chi connectivity index (χ2v) is 16.4. The Labute approximate surface area is 367 Å². The minimum atomic E-state index is -0.421. The molecule has 0 atom stereocenters. The molecule has 1 heterocycles. The summed E-state index contributed by atoms with van der Waals surface area (Å²) in [5.41, 5.74) is 19.4. The summed E-state index contributed by atoms with van der Waals surface area (Å²) < 4.78 is 6.13. The molecule has 0 radical (unpaired) electrons. The Morgan fingerprint density at radius 1 is 0.302 bits per heavy atom. The van der Waals surface area contributed by atoms with Crippen molar-refractivity contribution in [1.29, 1.82) is 0 Å². The maximum Gasteiger partial charge on any atom is 0.135 e. The van der Waals surface area contributed by atoms with Crippen LogP contribution < -0.4 is 4.90 Å². The molecule has 0 aliphatic heterocycles. The van der Waals surface area contributed by atoms with E-state index in [1.54, 1.807) is 0 Å². The standard InChI is InChI=1S/C61H41NO/c1-4-19-47(20-5-1)61(48-21-6-2-7-22-48)56-28-13-10-26-52(56)54-40-45(33-37-57(54)61)43-17-16-18-46(39-43)51-25-11-14-29-58(51)62(49-23-8-3-9-24-49)50-35-31-42(32-36-50)44-34-38-60-55(41-44)53-27-12-15-30-59(53)63-60/h1-41H. The van der Waals surface area contributed by atoms with Crippen LogP contribution >= 0.6 is 0 Å². The normalized spacial score (nSPS) is 12.6. The monoisotopic (exact) mass is 803 g/mol. The fourth-order valence-electron chi connectivity index (χ4n) is 10.1. The molecule has 12 rings (SSSR count). The highest BCUT2D eigenvalue weighted by Gasteiger charge is 2.46. The number of nitrogens with zero attached hydrogens (tertiary/aromatic N) is 1. The molecule has 0 saturated carbocycles. The fourth-order valence-corrected chi connectivity index (χ4v) is 10.1. The van der Waals surface area contributed by atoms with E-state index in [1.807, 2.05) is 12.1 Å². The van der Waals surface area contributed by atoms with Gasteiger partial charge in [0.2, 0.25) is 0 Å². The van der Waals surface area contributed by atoms with Gasteiger partial charge in [0, 0.05) is 27.7 Å². The van der Waals surface area contributed by atoms with E-state index in [4.69, 9.17) is 4.42 Å². The molecule has 1 aliphatic rings. The zero-order chi connectivity index (χ0) is 41.7. The summed E-state index contributed by atoms with van der Waals surface area (Å²) in [6.45, 7) is 0. The van der Waals surface area contributed by atoms with E-state index in [0.717, 1.165) is 61.3 Å². The Hall–Kier alpha value is -8.20. The predicted octanol–water partition coefficient (Wildman–Crippen LogP) is 16.4. The maximum absolute atomic E-state index is 6.13. The fraction of sp³-hybridized carbons (Fsp3) is 0.0164. The summed E-state index contributed by atoms with van der Waals surface area (Å²) in [5.74, 6) is 0. The van der Waals surface area contributed by atoms with Crippen LogP contribution in [0.25, 0.3) is 66.4 Å². The third kappa shape index (κ3) is 6.02. The van der Waals surface area contributed by atoms with Crippen molar-refractivity contribution in [3.8, 4) is 44.5 Å². The number of hydrogen-bond donors (Lipinski definition) is 0. The molecule has 2 heteroatoms. The van der Waals surface area contributed by atoms with E-state index in [0.29, 0.717) is 0 Å². The van der Waals surface area contributed by atoms with Gasteiger partial charge in [-0.25, -0.2) is 0 Å². The van der Waals surface area contributed by atoms with E-state index in [2.05, 4.69) is 241 Å². The van der Waals surface area contributed by atoms with E-state index in [1.165, 1.54) is 44.5 Å². The summed E-state index contributed by atoms with van der Waals surface area (Å²) >= 11 is 0. The summed E-state index contributed by atoms with van der Waals surface area (Å²) in [4.78, 5) is 2.37. The number of para-hydroxylation sites is 3. The van der Waals surface area contributed by atoms with Crippen LogP contribution in [0.1, 0.15) is 22.3 Å². The van der Waals surface area contributed by atoms with Gasteiger partial charge < -0.3 is 9.32 Å². The Morgan fingerprint density at radius 3 is 1.62 bits per heavy atom. The third-order valence-corrected chi connectivity index (χ3v) is 13.0. The first kappa shape index (κ1) is 36.6. The van der Waals surface area contributed by atoms with Crippen molar-refractivity contribution >= 4 is 39.0 Å². The Morgan fingerprint density at radius 2 is 0.841 bits per heavy atom. The molecule has 0 fully saturated rings. The first-order chi connectivity index (χ1) is 31.2. The maximum atomic E-state index is 6.13. The van der Waals surface area contributed by atoms with Crippen LogP contribution in [-0.2, 0) is 5.41 Å². The molecule has 1 aromatic heterocycles. The van der Waals surface area contributed by atoms with E-state index >= 15 is 0 Å². The van der Waals surface area contributed by atoms with E-state index in [-0.39, 0.29) is 0 Å². The minimum absolute atomic E-state index is 0.421. The van der Waals surface area contributed by atoms with Crippen LogP contribution in [0.2, 0.25) is 0 Å². The molecule has 0 bridgehead atoms. The van der Waals surface area contributed by atoms with Crippen molar-refractivity contribution in [2.45, 2.75) is 5.41 Å². The molecule has 296 valence electrons. The second kappa shape index (κ2) is 15.1. The summed E-state index contributed by atoms with van der Waals surface area (Å²) in [5, 5.41) is 2.27. The van der Waals surface area contributed by atoms with E-state index < -0.39 is 5.41 Å². The van der Waals surface area contributed by atoms with Gasteiger partial charge in [0.1, 0.15) is 11.2 Å². The van der Waals surface area contributed by atoms with Gasteiger partial charge in [-0.3, -0.25) is 0 Å². The van der Waals surface area contributed by atoms with Gasteiger partial charge in [0.05, 0.1) is 11.1 Å². The average molecular weight is 804 g/mol. The van der Waals surface area contributed by atoms with Crippen molar-refractivity contribution in [2.75, 3.05) is 4.90 Å². The van der Waals surface area contributed by atoms with Crippen LogP contribution in [0.15, 0.2) is 253 Å². The molecule has 0 saturated heterocycles. The van der Waals surface area contributed by atoms with Crippen LogP contribution in [-0.4, -0.2) is 0 Å². The first-order valence-corrected chi connectivity index (χ1v) is 21.7. The predicted molar refractivity (Wildman–Crippen MR) is 262 cm³/mol. The molecule has 0 N–H and O–H groups in total. The molecule has 11 aromatic rings. The Kier molecular flexibility index (Phi) is 8.76. The highest BCUT2D eigenvalue weighted by molar-refractivity contribution is 6.06. The van der Waals surface area contributed by atoms with Gasteiger partial charge in [-0.1, -0.05) is 188 Å². The van der Waals surface area contributed by atoms with Gasteiger partial charge in [-0.15, -0.1) is 0 Å². The lowest BCUT2D eigenvalue weighted by Crippen LogP contribution is -2.28. The number of anilines is 3. The SMILES string of the molecule is c1ccc(N(c2ccc(-c3ccc4oc5ccccc5c4c3)cc2)c2ccccc2-c2cccc(-c3ccc4c(c3)-c3ccccc3C4(c3ccccc3)c3ccccc3)c2)cc1. The quantitative estimate of drug-likeness (QED) is 0.152. The number of benzene rings is 10. The van der Waals surface area contributed by atoms with Crippen LogP contribution in [0.5, 0.6) is 0 Å². The van der Waals surface area contributed by atoms with Gasteiger partial charge >= 0.3 is 0 Å². The number of furan rings is 1. The summed E-state index contributed by atoms with van der Waals surface area (Å²) in [6, 6.07) is 90.2. The van der Waals surface area contributed by atoms with Crippen LogP contribution in [0, 0.1) is 0 Å². The highest BCUT2D eigenvalue weighted by Crippen LogP contribution is 2.56. The molecule has 0 unspecified atom stereocenters. The van der Waals surface area contributed by atoms with Crippen molar-refractivity contribution in [1.82, 2.24) is 0 Å².